The zero-order chi connectivity index (χ0) is 15.8. The number of fused-ring (bicyclic) bond motifs is 1. The molecule has 0 radical (unpaired) electrons. The molecular formula is C16H16N6S. The van der Waals surface area contributed by atoms with E-state index in [-0.39, 0.29) is 0 Å². The standard InChI is InChI=1S/C16H16N6S/c1-10(2)8-14-19-20-16-22(14)21-15(23-16)13-9-12(17-18-13)11-6-4-3-5-7-11/h3-7,9-10H,8H2,1-2H3,(H,17,18). The Morgan fingerprint density at radius 2 is 2.00 bits per heavy atom. The van der Waals surface area contributed by atoms with Gasteiger partial charge >= 0.3 is 0 Å². The Hall–Kier alpha value is -2.54. The molecule has 0 spiro atoms. The van der Waals surface area contributed by atoms with E-state index in [1.54, 1.807) is 0 Å². The van der Waals surface area contributed by atoms with Gasteiger partial charge in [-0.3, -0.25) is 5.10 Å². The van der Waals surface area contributed by atoms with Gasteiger partial charge in [-0.1, -0.05) is 55.5 Å². The molecule has 0 saturated heterocycles. The summed E-state index contributed by atoms with van der Waals surface area (Å²) in [4.78, 5) is 0.812. The molecule has 4 rings (SSSR count). The molecule has 3 aromatic heterocycles. The summed E-state index contributed by atoms with van der Waals surface area (Å²) >= 11 is 1.51. The van der Waals surface area contributed by atoms with Gasteiger partial charge in [0, 0.05) is 12.0 Å². The molecule has 1 aromatic carbocycles. The number of benzene rings is 1. The van der Waals surface area contributed by atoms with Crippen molar-refractivity contribution in [2.75, 3.05) is 0 Å². The molecule has 7 heteroatoms. The van der Waals surface area contributed by atoms with Crippen molar-refractivity contribution in [2.24, 2.45) is 5.92 Å². The summed E-state index contributed by atoms with van der Waals surface area (Å²) < 4.78 is 1.84. The fourth-order valence-electron chi connectivity index (χ4n) is 2.45. The van der Waals surface area contributed by atoms with E-state index in [1.165, 1.54) is 11.3 Å². The molecule has 0 aliphatic heterocycles. The van der Waals surface area contributed by atoms with Crippen LogP contribution in [-0.2, 0) is 6.42 Å². The average molecular weight is 324 g/mol. The van der Waals surface area contributed by atoms with E-state index in [1.807, 2.05) is 40.9 Å². The van der Waals surface area contributed by atoms with Gasteiger partial charge in [-0.15, -0.1) is 10.2 Å². The summed E-state index contributed by atoms with van der Waals surface area (Å²) in [5.74, 6) is 1.42. The lowest BCUT2D eigenvalue weighted by molar-refractivity contribution is 0.607. The van der Waals surface area contributed by atoms with Crippen LogP contribution in [0.25, 0.3) is 26.9 Å². The van der Waals surface area contributed by atoms with Gasteiger partial charge in [-0.2, -0.15) is 14.7 Å². The molecule has 0 atom stereocenters. The molecule has 116 valence electrons. The minimum absolute atomic E-state index is 0.518. The van der Waals surface area contributed by atoms with Crippen LogP contribution in [0.5, 0.6) is 0 Å². The molecule has 0 fully saturated rings. The lowest BCUT2D eigenvalue weighted by Gasteiger charge is -1.99. The van der Waals surface area contributed by atoms with Crippen LogP contribution in [0.1, 0.15) is 19.7 Å². The van der Waals surface area contributed by atoms with E-state index in [0.717, 1.165) is 39.2 Å². The number of nitrogens with zero attached hydrogens (tertiary/aromatic N) is 5. The van der Waals surface area contributed by atoms with Gasteiger partial charge in [0.2, 0.25) is 4.96 Å². The van der Waals surface area contributed by atoms with Gasteiger partial charge in [0.1, 0.15) is 0 Å². The molecule has 23 heavy (non-hydrogen) atoms. The predicted octanol–water partition coefficient (Wildman–Crippen LogP) is 3.44. The van der Waals surface area contributed by atoms with Crippen LogP contribution in [0.4, 0.5) is 0 Å². The van der Waals surface area contributed by atoms with Gasteiger partial charge in [0.05, 0.1) is 11.4 Å². The van der Waals surface area contributed by atoms with E-state index in [2.05, 4.69) is 39.3 Å². The fraction of sp³-hybridized carbons (Fsp3) is 0.250. The lowest BCUT2D eigenvalue weighted by atomic mass is 10.1. The van der Waals surface area contributed by atoms with E-state index < -0.39 is 0 Å². The largest absolute Gasteiger partial charge is 0.275 e. The summed E-state index contributed by atoms with van der Waals surface area (Å²) in [6.07, 6.45) is 0.864. The first-order chi connectivity index (χ1) is 11.2. The summed E-state index contributed by atoms with van der Waals surface area (Å²) in [5, 5.41) is 21.4. The normalized spacial score (nSPS) is 11.6. The van der Waals surface area contributed by atoms with Crippen LogP contribution in [0.3, 0.4) is 0 Å². The molecule has 0 bridgehead atoms. The molecule has 0 amide bonds. The molecular weight excluding hydrogens is 308 g/mol. The van der Waals surface area contributed by atoms with Gasteiger partial charge in [-0.25, -0.2) is 0 Å². The maximum atomic E-state index is 4.64. The summed E-state index contributed by atoms with van der Waals surface area (Å²) in [5.41, 5.74) is 2.89. The molecule has 0 aliphatic rings. The zero-order valence-electron chi connectivity index (χ0n) is 12.9. The number of rotatable bonds is 4. The minimum Gasteiger partial charge on any atom is -0.275 e. The maximum absolute atomic E-state index is 4.64. The van der Waals surface area contributed by atoms with Crippen molar-refractivity contribution >= 4 is 16.3 Å². The first kappa shape index (κ1) is 14.1. The number of aromatic amines is 1. The summed E-state index contributed by atoms with van der Waals surface area (Å²) in [6.45, 7) is 4.32. The average Bonchev–Trinajstić information content (AvgIpc) is 3.24. The van der Waals surface area contributed by atoms with Crippen LogP contribution in [0.15, 0.2) is 36.4 Å². The lowest BCUT2D eigenvalue weighted by Crippen LogP contribution is -2.01. The number of hydrogen-bond acceptors (Lipinski definition) is 5. The second kappa shape index (κ2) is 5.58. The summed E-state index contributed by atoms with van der Waals surface area (Å²) in [7, 11) is 0. The third kappa shape index (κ3) is 2.63. The second-order valence-electron chi connectivity index (χ2n) is 5.85. The highest BCUT2D eigenvalue weighted by molar-refractivity contribution is 7.19. The van der Waals surface area contributed by atoms with Crippen molar-refractivity contribution in [3.8, 4) is 22.0 Å². The Morgan fingerprint density at radius 3 is 2.78 bits per heavy atom. The first-order valence-electron chi connectivity index (χ1n) is 7.53. The number of nitrogens with one attached hydrogen (secondary N) is 1. The topological polar surface area (TPSA) is 71.8 Å². The maximum Gasteiger partial charge on any atom is 0.235 e. The van der Waals surface area contributed by atoms with Crippen LogP contribution >= 0.6 is 11.3 Å². The van der Waals surface area contributed by atoms with Crippen LogP contribution in [0, 0.1) is 5.92 Å². The van der Waals surface area contributed by atoms with Crippen molar-refractivity contribution in [2.45, 2.75) is 20.3 Å². The molecule has 0 saturated carbocycles. The predicted molar refractivity (Wildman–Crippen MR) is 90.2 cm³/mol. The molecule has 6 nitrogen and oxygen atoms in total. The monoisotopic (exact) mass is 324 g/mol. The Labute approximate surface area is 137 Å². The van der Waals surface area contributed by atoms with Crippen LogP contribution < -0.4 is 0 Å². The van der Waals surface area contributed by atoms with Gasteiger partial charge in [0.25, 0.3) is 0 Å². The number of aromatic nitrogens is 6. The SMILES string of the molecule is CC(C)Cc1nnc2sc(-c3cc(-c4ccccc4)n[nH]3)nn12. The van der Waals surface area contributed by atoms with E-state index in [4.69, 9.17) is 0 Å². The highest BCUT2D eigenvalue weighted by atomic mass is 32.1. The molecule has 1 N–H and O–H groups in total. The van der Waals surface area contributed by atoms with Crippen molar-refractivity contribution < 1.29 is 0 Å². The van der Waals surface area contributed by atoms with Crippen LogP contribution in [0.2, 0.25) is 0 Å². The van der Waals surface area contributed by atoms with Crippen molar-refractivity contribution in [1.29, 1.82) is 0 Å². The third-order valence-electron chi connectivity index (χ3n) is 3.52. The second-order valence-corrected chi connectivity index (χ2v) is 6.80. The zero-order valence-corrected chi connectivity index (χ0v) is 13.7. The van der Waals surface area contributed by atoms with Gasteiger partial charge in [0.15, 0.2) is 10.8 Å². The van der Waals surface area contributed by atoms with Crippen molar-refractivity contribution in [3.05, 3.63) is 42.2 Å². The molecule has 0 aliphatic carbocycles. The Morgan fingerprint density at radius 1 is 1.17 bits per heavy atom. The molecule has 0 unspecified atom stereocenters. The van der Waals surface area contributed by atoms with Crippen molar-refractivity contribution in [3.63, 3.8) is 0 Å². The minimum atomic E-state index is 0.518. The highest BCUT2D eigenvalue weighted by Gasteiger charge is 2.15. The fourth-order valence-corrected chi connectivity index (χ4v) is 3.27. The highest BCUT2D eigenvalue weighted by Crippen LogP contribution is 2.27. The smallest absolute Gasteiger partial charge is 0.235 e. The Bertz CT molecular complexity index is 934. The van der Waals surface area contributed by atoms with Gasteiger partial charge in [-0.05, 0) is 12.0 Å². The van der Waals surface area contributed by atoms with E-state index in [9.17, 15) is 0 Å². The Balaban J connectivity index is 1.70. The van der Waals surface area contributed by atoms with E-state index >= 15 is 0 Å². The number of H-pyrrole nitrogens is 1. The molecule has 4 aromatic rings. The quantitative estimate of drug-likeness (QED) is 0.624. The number of hydrogen-bond donors (Lipinski definition) is 1. The van der Waals surface area contributed by atoms with Crippen molar-refractivity contribution in [1.82, 2.24) is 30.0 Å². The molecule has 3 heterocycles. The van der Waals surface area contributed by atoms with E-state index in [0.29, 0.717) is 5.92 Å². The first-order valence-corrected chi connectivity index (χ1v) is 8.34. The third-order valence-corrected chi connectivity index (χ3v) is 4.46. The summed E-state index contributed by atoms with van der Waals surface area (Å²) in [6, 6.07) is 12.1. The van der Waals surface area contributed by atoms with Gasteiger partial charge < -0.3 is 0 Å². The van der Waals surface area contributed by atoms with Crippen LogP contribution in [-0.4, -0.2) is 30.0 Å². The Kier molecular flexibility index (Phi) is 3.42.